The summed E-state index contributed by atoms with van der Waals surface area (Å²) in [5, 5.41) is 4.93. The number of halogens is 1. The van der Waals surface area contributed by atoms with E-state index >= 15 is 0 Å². The minimum Gasteiger partial charge on any atom is -0.444 e. The molecule has 0 heterocycles. The van der Waals surface area contributed by atoms with Crippen molar-refractivity contribution in [2.45, 2.75) is 65.2 Å². The molecular weight excluding hydrogens is 298 g/mol. The van der Waals surface area contributed by atoms with Crippen molar-refractivity contribution in [3.63, 3.8) is 0 Å². The Labute approximate surface area is 130 Å². The molecular formula is C13H24ClN3O4. The van der Waals surface area contributed by atoms with E-state index in [2.05, 4.69) is 15.6 Å². The Hall–Kier alpha value is -1.50. The van der Waals surface area contributed by atoms with Gasteiger partial charge in [-0.2, -0.15) is 0 Å². The maximum Gasteiger partial charge on any atom is 0.437 e. The highest BCUT2D eigenvalue weighted by Gasteiger charge is 2.20. The first kappa shape index (κ1) is 19.5. The number of carbonyl (C=O) groups is 2. The number of ether oxygens (including phenoxy) is 2. The van der Waals surface area contributed by atoms with E-state index in [1.807, 2.05) is 0 Å². The number of nitrogens with one attached hydrogen (secondary N) is 2. The molecule has 1 atom stereocenters. The summed E-state index contributed by atoms with van der Waals surface area (Å²) in [5.74, 6) is -0.138. The van der Waals surface area contributed by atoms with E-state index in [0.717, 1.165) is 0 Å². The lowest BCUT2D eigenvalue weighted by atomic mass is 10.2. The maximum atomic E-state index is 11.7. The van der Waals surface area contributed by atoms with Crippen LogP contribution in [0.1, 0.15) is 48.5 Å². The number of amides is 2. The second-order valence-corrected chi connectivity index (χ2v) is 6.98. The van der Waals surface area contributed by atoms with Crippen LogP contribution in [0.3, 0.4) is 0 Å². The van der Waals surface area contributed by atoms with E-state index in [4.69, 9.17) is 21.1 Å². The van der Waals surface area contributed by atoms with Crippen molar-refractivity contribution in [1.82, 2.24) is 10.6 Å². The highest BCUT2D eigenvalue weighted by molar-refractivity contribution is 6.21. The third-order valence-corrected chi connectivity index (χ3v) is 1.66. The molecule has 2 N–H and O–H groups in total. The predicted molar refractivity (Wildman–Crippen MR) is 81.5 cm³/mol. The highest BCUT2D eigenvalue weighted by atomic mass is 35.5. The van der Waals surface area contributed by atoms with Gasteiger partial charge in [-0.05, 0) is 48.5 Å². The molecule has 1 unspecified atom stereocenters. The van der Waals surface area contributed by atoms with Crippen molar-refractivity contribution in [2.75, 3.05) is 0 Å². The van der Waals surface area contributed by atoms with Crippen molar-refractivity contribution in [1.29, 1.82) is 0 Å². The molecule has 0 aromatic carbocycles. The number of rotatable bonds is 1. The third kappa shape index (κ3) is 12.0. The van der Waals surface area contributed by atoms with E-state index in [9.17, 15) is 9.59 Å². The molecule has 122 valence electrons. The molecule has 0 radical (unpaired) electrons. The molecule has 0 aliphatic heterocycles. The molecule has 0 spiro atoms. The van der Waals surface area contributed by atoms with E-state index < -0.39 is 28.9 Å². The molecule has 2 amide bonds. The van der Waals surface area contributed by atoms with Gasteiger partial charge in [0, 0.05) is 0 Å². The lowest BCUT2D eigenvalue weighted by molar-refractivity contribution is 0.0560. The Bertz CT molecular complexity index is 409. The standard InChI is InChI=1S/C13H24ClN3O4/c1-8(14)15-9(16-10(18)20-12(2,3)4)17-11(19)21-13(5,6)7/h8H,1-7H3,(H2,15,16,17,18,19). The fourth-order valence-corrected chi connectivity index (χ4v) is 1.16. The van der Waals surface area contributed by atoms with Gasteiger partial charge >= 0.3 is 12.2 Å². The number of guanidine groups is 1. The van der Waals surface area contributed by atoms with Gasteiger partial charge in [-0.15, -0.1) is 4.99 Å². The van der Waals surface area contributed by atoms with Crippen molar-refractivity contribution < 1.29 is 19.1 Å². The Morgan fingerprint density at radius 3 is 1.90 bits per heavy atom. The van der Waals surface area contributed by atoms with Crippen molar-refractivity contribution in [3.8, 4) is 0 Å². The van der Waals surface area contributed by atoms with E-state index in [0.29, 0.717) is 0 Å². The Kier molecular flexibility index (Phi) is 6.96. The lowest BCUT2D eigenvalue weighted by Crippen LogP contribution is -2.45. The minimum absolute atomic E-state index is 0.138. The first-order valence-corrected chi connectivity index (χ1v) is 6.94. The fourth-order valence-electron chi connectivity index (χ4n) is 1.06. The van der Waals surface area contributed by atoms with Gasteiger partial charge in [0.2, 0.25) is 5.96 Å². The maximum absolute atomic E-state index is 11.7. The van der Waals surface area contributed by atoms with Crippen molar-refractivity contribution in [2.24, 2.45) is 4.99 Å². The van der Waals surface area contributed by atoms with Gasteiger partial charge in [0.25, 0.3) is 0 Å². The average molecular weight is 322 g/mol. The van der Waals surface area contributed by atoms with Crippen LogP contribution in [-0.2, 0) is 9.47 Å². The summed E-state index contributed by atoms with van der Waals surface area (Å²) in [6.07, 6.45) is -1.60. The normalized spacial score (nSPS) is 14.2. The second-order valence-electron chi connectivity index (χ2n) is 6.33. The van der Waals surface area contributed by atoms with Crippen LogP contribution in [0.15, 0.2) is 4.99 Å². The van der Waals surface area contributed by atoms with Crippen LogP contribution < -0.4 is 10.6 Å². The van der Waals surface area contributed by atoms with Gasteiger partial charge in [-0.25, -0.2) is 9.59 Å². The number of carbonyl (C=O) groups excluding carboxylic acids is 2. The van der Waals surface area contributed by atoms with Gasteiger partial charge in [0.05, 0.1) is 0 Å². The lowest BCUT2D eigenvalue weighted by Gasteiger charge is -2.21. The highest BCUT2D eigenvalue weighted by Crippen LogP contribution is 2.08. The second kappa shape index (κ2) is 7.49. The molecule has 0 bridgehead atoms. The number of hydrogen-bond donors (Lipinski definition) is 2. The Morgan fingerprint density at radius 1 is 1.05 bits per heavy atom. The Balaban J connectivity index is 4.87. The predicted octanol–water partition coefficient (Wildman–Crippen LogP) is 2.98. The van der Waals surface area contributed by atoms with Gasteiger partial charge in [0.1, 0.15) is 16.7 Å². The average Bonchev–Trinajstić information content (AvgIpc) is 2.07. The summed E-state index contributed by atoms with van der Waals surface area (Å²) < 4.78 is 10.1. The smallest absolute Gasteiger partial charge is 0.437 e. The van der Waals surface area contributed by atoms with Crippen LogP contribution in [0.5, 0.6) is 0 Å². The van der Waals surface area contributed by atoms with Crippen LogP contribution >= 0.6 is 11.6 Å². The van der Waals surface area contributed by atoms with E-state index in [-0.39, 0.29) is 5.96 Å². The van der Waals surface area contributed by atoms with Crippen LogP contribution in [0, 0.1) is 0 Å². The molecule has 0 fully saturated rings. The monoisotopic (exact) mass is 321 g/mol. The van der Waals surface area contributed by atoms with Crippen LogP contribution in [0.25, 0.3) is 0 Å². The summed E-state index contributed by atoms with van der Waals surface area (Å²) in [4.78, 5) is 26.9. The molecule has 0 aliphatic carbocycles. The van der Waals surface area contributed by atoms with Gasteiger partial charge in [0.15, 0.2) is 0 Å². The van der Waals surface area contributed by atoms with Gasteiger partial charge < -0.3 is 14.8 Å². The number of alkyl carbamates (subject to hydrolysis) is 1. The molecule has 21 heavy (non-hydrogen) atoms. The quantitative estimate of drug-likeness (QED) is 0.335. The van der Waals surface area contributed by atoms with Crippen LogP contribution in [0.4, 0.5) is 9.59 Å². The molecule has 7 nitrogen and oxygen atoms in total. The first-order valence-electron chi connectivity index (χ1n) is 6.51. The fraction of sp³-hybridized carbons (Fsp3) is 0.769. The van der Waals surface area contributed by atoms with Crippen LogP contribution in [-0.4, -0.2) is 34.8 Å². The molecule has 0 saturated heterocycles. The molecule has 0 rings (SSSR count). The molecule has 0 aromatic rings. The zero-order valence-electron chi connectivity index (χ0n) is 13.5. The van der Waals surface area contributed by atoms with E-state index in [1.165, 1.54) is 0 Å². The minimum atomic E-state index is -0.849. The molecule has 0 aromatic heterocycles. The largest absolute Gasteiger partial charge is 0.444 e. The number of alkyl halides is 1. The summed E-state index contributed by atoms with van der Waals surface area (Å²) in [5.41, 5.74) is -1.92. The number of hydrogen-bond acceptors (Lipinski definition) is 4. The topological polar surface area (TPSA) is 89.0 Å². The van der Waals surface area contributed by atoms with E-state index in [1.54, 1.807) is 48.5 Å². The summed E-state index contributed by atoms with van der Waals surface area (Å²) in [6, 6.07) is 0. The first-order chi connectivity index (χ1) is 9.28. The molecule has 0 saturated carbocycles. The van der Waals surface area contributed by atoms with Gasteiger partial charge in [-0.3, -0.25) is 5.32 Å². The number of aliphatic imine (C=N–C) groups is 1. The number of nitrogens with zero attached hydrogens (tertiary/aromatic N) is 1. The van der Waals surface area contributed by atoms with Crippen molar-refractivity contribution in [3.05, 3.63) is 0 Å². The summed E-state index contributed by atoms with van der Waals surface area (Å²) in [6.45, 7) is 11.9. The zero-order chi connectivity index (χ0) is 16.8. The van der Waals surface area contributed by atoms with Crippen molar-refractivity contribution >= 4 is 29.7 Å². The molecule has 0 aliphatic rings. The summed E-state index contributed by atoms with van der Waals surface area (Å²) >= 11 is 5.77. The molecule has 8 heteroatoms. The van der Waals surface area contributed by atoms with Gasteiger partial charge in [-0.1, -0.05) is 11.6 Å². The SMILES string of the molecule is CC(Cl)N/C(=N\C(=O)OC(C)(C)C)NC(=O)OC(C)(C)C. The Morgan fingerprint density at radius 2 is 1.52 bits per heavy atom. The van der Waals surface area contributed by atoms with Crippen LogP contribution in [0.2, 0.25) is 0 Å². The summed E-state index contributed by atoms with van der Waals surface area (Å²) in [7, 11) is 0. The third-order valence-electron chi connectivity index (χ3n) is 1.55. The zero-order valence-corrected chi connectivity index (χ0v) is 14.3.